The van der Waals surface area contributed by atoms with E-state index in [1.807, 2.05) is 32.9 Å². The number of hydrogen-bond acceptors (Lipinski definition) is 2. The molecule has 0 aliphatic heterocycles. The number of carbonyl (C=O) groups excluding carboxylic acids is 1. The standard InChI is InChI=1S/C14H22N2O/c1-9-5-6-11(10(2)7-9)12(15)8-14(3,4)13(16)17/h5-7,12H,8,15H2,1-4H3,(H2,16,17). The molecule has 1 rings (SSSR count). The molecule has 94 valence electrons. The molecule has 0 saturated heterocycles. The highest BCUT2D eigenvalue weighted by atomic mass is 16.1. The maximum atomic E-state index is 11.3. The zero-order chi connectivity index (χ0) is 13.2. The summed E-state index contributed by atoms with van der Waals surface area (Å²) in [5.41, 5.74) is 14.4. The Morgan fingerprint density at radius 3 is 2.41 bits per heavy atom. The molecule has 3 heteroatoms. The van der Waals surface area contributed by atoms with Crippen molar-refractivity contribution in [3.8, 4) is 0 Å². The van der Waals surface area contributed by atoms with Gasteiger partial charge in [0.15, 0.2) is 0 Å². The van der Waals surface area contributed by atoms with Gasteiger partial charge in [0.1, 0.15) is 0 Å². The van der Waals surface area contributed by atoms with E-state index >= 15 is 0 Å². The van der Waals surface area contributed by atoms with Crippen molar-refractivity contribution >= 4 is 5.91 Å². The van der Waals surface area contributed by atoms with E-state index in [0.29, 0.717) is 6.42 Å². The molecule has 0 aliphatic carbocycles. The molecule has 17 heavy (non-hydrogen) atoms. The fraction of sp³-hybridized carbons (Fsp3) is 0.500. The molecule has 0 bridgehead atoms. The van der Waals surface area contributed by atoms with Gasteiger partial charge in [0.25, 0.3) is 0 Å². The van der Waals surface area contributed by atoms with Gasteiger partial charge in [0, 0.05) is 11.5 Å². The minimum Gasteiger partial charge on any atom is -0.369 e. The van der Waals surface area contributed by atoms with Crippen molar-refractivity contribution in [2.45, 2.75) is 40.2 Å². The molecule has 1 atom stereocenters. The lowest BCUT2D eigenvalue weighted by atomic mass is 9.82. The fourth-order valence-electron chi connectivity index (χ4n) is 2.00. The molecule has 0 spiro atoms. The minimum atomic E-state index is -0.573. The summed E-state index contributed by atoms with van der Waals surface area (Å²) in [5, 5.41) is 0. The number of hydrogen-bond donors (Lipinski definition) is 2. The van der Waals surface area contributed by atoms with Crippen LogP contribution in [0.3, 0.4) is 0 Å². The van der Waals surface area contributed by atoms with Gasteiger partial charge in [-0.2, -0.15) is 0 Å². The Labute approximate surface area is 103 Å². The van der Waals surface area contributed by atoms with Crippen molar-refractivity contribution < 1.29 is 4.79 Å². The van der Waals surface area contributed by atoms with E-state index in [9.17, 15) is 4.79 Å². The SMILES string of the molecule is Cc1ccc(C(N)CC(C)(C)C(N)=O)c(C)c1. The smallest absolute Gasteiger partial charge is 0.223 e. The topological polar surface area (TPSA) is 69.1 Å². The highest BCUT2D eigenvalue weighted by molar-refractivity contribution is 5.79. The molecule has 1 unspecified atom stereocenters. The van der Waals surface area contributed by atoms with Crippen LogP contribution in [0, 0.1) is 19.3 Å². The maximum Gasteiger partial charge on any atom is 0.223 e. The van der Waals surface area contributed by atoms with E-state index in [1.165, 1.54) is 5.56 Å². The molecular formula is C14H22N2O. The first-order valence-corrected chi connectivity index (χ1v) is 5.86. The van der Waals surface area contributed by atoms with Crippen LogP contribution in [0.2, 0.25) is 0 Å². The van der Waals surface area contributed by atoms with Crippen LogP contribution >= 0.6 is 0 Å². The average Bonchev–Trinajstić information content (AvgIpc) is 2.15. The van der Waals surface area contributed by atoms with Crippen molar-refractivity contribution in [3.63, 3.8) is 0 Å². The summed E-state index contributed by atoms with van der Waals surface area (Å²) < 4.78 is 0. The summed E-state index contributed by atoms with van der Waals surface area (Å²) in [6.45, 7) is 7.76. The normalized spacial score (nSPS) is 13.5. The third-order valence-corrected chi connectivity index (χ3v) is 3.22. The second kappa shape index (κ2) is 4.88. The van der Waals surface area contributed by atoms with Gasteiger partial charge >= 0.3 is 0 Å². The Balaban J connectivity index is 2.90. The van der Waals surface area contributed by atoms with E-state index < -0.39 is 5.41 Å². The average molecular weight is 234 g/mol. The monoisotopic (exact) mass is 234 g/mol. The molecule has 1 aromatic carbocycles. The van der Waals surface area contributed by atoms with Crippen LogP contribution < -0.4 is 11.5 Å². The Hall–Kier alpha value is -1.35. The Bertz CT molecular complexity index is 424. The third-order valence-electron chi connectivity index (χ3n) is 3.22. The lowest BCUT2D eigenvalue weighted by Crippen LogP contribution is -2.34. The van der Waals surface area contributed by atoms with Gasteiger partial charge in [-0.3, -0.25) is 4.79 Å². The van der Waals surface area contributed by atoms with E-state index in [0.717, 1.165) is 11.1 Å². The Morgan fingerprint density at radius 2 is 1.94 bits per heavy atom. The van der Waals surface area contributed by atoms with E-state index in [-0.39, 0.29) is 11.9 Å². The first kappa shape index (κ1) is 13.7. The van der Waals surface area contributed by atoms with Gasteiger partial charge in [-0.1, -0.05) is 37.6 Å². The summed E-state index contributed by atoms with van der Waals surface area (Å²) in [6, 6.07) is 6.02. The first-order chi connectivity index (χ1) is 7.74. The molecule has 0 aromatic heterocycles. The lowest BCUT2D eigenvalue weighted by molar-refractivity contribution is -0.126. The number of aryl methyl sites for hydroxylation is 2. The second-order valence-electron chi connectivity index (χ2n) is 5.42. The van der Waals surface area contributed by atoms with Crippen molar-refractivity contribution in [2.75, 3.05) is 0 Å². The highest BCUT2D eigenvalue weighted by Crippen LogP contribution is 2.29. The number of carbonyl (C=O) groups is 1. The molecule has 0 saturated carbocycles. The van der Waals surface area contributed by atoms with Gasteiger partial charge < -0.3 is 11.5 Å². The lowest BCUT2D eigenvalue weighted by Gasteiger charge is -2.25. The van der Waals surface area contributed by atoms with Crippen LogP contribution in [0.1, 0.15) is 43.0 Å². The molecule has 1 aromatic rings. The first-order valence-electron chi connectivity index (χ1n) is 5.86. The fourth-order valence-corrected chi connectivity index (χ4v) is 2.00. The van der Waals surface area contributed by atoms with E-state index in [2.05, 4.69) is 13.0 Å². The van der Waals surface area contributed by atoms with E-state index in [4.69, 9.17) is 11.5 Å². The largest absolute Gasteiger partial charge is 0.369 e. The van der Waals surface area contributed by atoms with Crippen molar-refractivity contribution in [1.82, 2.24) is 0 Å². The number of rotatable bonds is 4. The van der Waals surface area contributed by atoms with Gasteiger partial charge in [0.05, 0.1) is 0 Å². The summed E-state index contributed by atoms with van der Waals surface area (Å²) in [4.78, 5) is 11.3. The molecule has 1 amide bonds. The number of nitrogens with two attached hydrogens (primary N) is 2. The second-order valence-corrected chi connectivity index (χ2v) is 5.42. The number of benzene rings is 1. The van der Waals surface area contributed by atoms with Crippen LogP contribution in [-0.4, -0.2) is 5.91 Å². The maximum absolute atomic E-state index is 11.3. The van der Waals surface area contributed by atoms with Crippen molar-refractivity contribution in [3.05, 3.63) is 34.9 Å². The van der Waals surface area contributed by atoms with Crippen molar-refractivity contribution in [2.24, 2.45) is 16.9 Å². The number of amides is 1. The molecule has 4 N–H and O–H groups in total. The molecule has 0 heterocycles. The molecule has 0 aliphatic rings. The number of primary amides is 1. The van der Waals surface area contributed by atoms with Gasteiger partial charge in [-0.05, 0) is 31.4 Å². The van der Waals surface area contributed by atoms with Crippen molar-refractivity contribution in [1.29, 1.82) is 0 Å². The van der Waals surface area contributed by atoms with Crippen LogP contribution in [0.4, 0.5) is 0 Å². The highest BCUT2D eigenvalue weighted by Gasteiger charge is 2.28. The van der Waals surface area contributed by atoms with Crippen LogP contribution in [0.5, 0.6) is 0 Å². The zero-order valence-corrected chi connectivity index (χ0v) is 11.1. The minimum absolute atomic E-state index is 0.155. The molecule has 0 fully saturated rings. The molecule has 0 radical (unpaired) electrons. The quantitative estimate of drug-likeness (QED) is 0.838. The summed E-state index contributed by atoms with van der Waals surface area (Å²) >= 11 is 0. The van der Waals surface area contributed by atoms with Gasteiger partial charge in [-0.25, -0.2) is 0 Å². The third kappa shape index (κ3) is 3.30. The Morgan fingerprint density at radius 1 is 1.35 bits per heavy atom. The van der Waals surface area contributed by atoms with Gasteiger partial charge in [0.2, 0.25) is 5.91 Å². The summed E-state index contributed by atoms with van der Waals surface area (Å²) in [5.74, 6) is -0.308. The van der Waals surface area contributed by atoms with Crippen LogP contribution in [0.25, 0.3) is 0 Å². The van der Waals surface area contributed by atoms with Crippen LogP contribution in [-0.2, 0) is 4.79 Å². The summed E-state index contributed by atoms with van der Waals surface area (Å²) in [7, 11) is 0. The predicted molar refractivity (Wildman–Crippen MR) is 70.4 cm³/mol. The zero-order valence-electron chi connectivity index (χ0n) is 11.1. The predicted octanol–water partition coefficient (Wildman–Crippen LogP) is 2.20. The molecule has 3 nitrogen and oxygen atoms in total. The van der Waals surface area contributed by atoms with E-state index in [1.54, 1.807) is 0 Å². The Kier molecular flexibility index (Phi) is 3.94. The van der Waals surface area contributed by atoms with Crippen LogP contribution in [0.15, 0.2) is 18.2 Å². The van der Waals surface area contributed by atoms with Gasteiger partial charge in [-0.15, -0.1) is 0 Å². The summed E-state index contributed by atoms with van der Waals surface area (Å²) in [6.07, 6.45) is 0.562. The molecular weight excluding hydrogens is 212 g/mol.